The zero-order valence-corrected chi connectivity index (χ0v) is 12.2. The van der Waals surface area contributed by atoms with Crippen LogP contribution in [-0.2, 0) is 4.79 Å². The topological polar surface area (TPSA) is 69.6 Å². The third-order valence-corrected chi connectivity index (χ3v) is 3.69. The Morgan fingerprint density at radius 3 is 2.64 bits per heavy atom. The fraction of sp³-hybridized carbons (Fsp3) is 0.467. The van der Waals surface area contributed by atoms with E-state index < -0.39 is 23.2 Å². The summed E-state index contributed by atoms with van der Waals surface area (Å²) in [6, 6.07) is 1.47. The van der Waals surface area contributed by atoms with Crippen LogP contribution in [0.15, 0.2) is 12.1 Å². The number of rotatable bonds is 3. The molecule has 120 valence electrons. The fourth-order valence-corrected chi connectivity index (χ4v) is 2.71. The lowest BCUT2D eigenvalue weighted by molar-refractivity contribution is -0.119. The van der Waals surface area contributed by atoms with Gasteiger partial charge in [-0.25, -0.2) is 13.6 Å². The molecule has 1 atom stereocenters. The molecular weight excluding hydrogens is 294 g/mol. The number of amides is 1. The Labute approximate surface area is 126 Å². The summed E-state index contributed by atoms with van der Waals surface area (Å²) in [5, 5.41) is 11.6. The number of benzene rings is 1. The SMILES string of the molecule is CC(=O)NC1CCCCN(c2cc(F)c(C(=O)O)cc2F)C1. The first-order valence-corrected chi connectivity index (χ1v) is 7.13. The van der Waals surface area contributed by atoms with Gasteiger partial charge in [-0.2, -0.15) is 0 Å². The van der Waals surface area contributed by atoms with Crippen molar-refractivity contribution in [3.05, 3.63) is 29.3 Å². The number of carbonyl (C=O) groups is 2. The Balaban J connectivity index is 2.27. The van der Waals surface area contributed by atoms with Crippen molar-refractivity contribution in [2.75, 3.05) is 18.0 Å². The number of aromatic carboxylic acids is 1. The standard InChI is InChI=1S/C15H18F2N2O3/c1-9(20)18-10-4-2-3-5-19(8-10)14-7-12(16)11(15(21)22)6-13(14)17/h6-7,10H,2-5,8H2,1H3,(H,18,20)(H,21,22). The monoisotopic (exact) mass is 312 g/mol. The van der Waals surface area contributed by atoms with Gasteiger partial charge >= 0.3 is 5.97 Å². The Bertz CT molecular complexity index is 592. The van der Waals surface area contributed by atoms with Crippen LogP contribution in [0.3, 0.4) is 0 Å². The number of anilines is 1. The van der Waals surface area contributed by atoms with E-state index in [0.29, 0.717) is 19.2 Å². The maximum absolute atomic E-state index is 14.1. The molecule has 1 heterocycles. The van der Waals surface area contributed by atoms with Gasteiger partial charge in [-0.15, -0.1) is 0 Å². The van der Waals surface area contributed by atoms with Crippen LogP contribution in [0.1, 0.15) is 36.5 Å². The van der Waals surface area contributed by atoms with Gasteiger partial charge in [0.1, 0.15) is 11.6 Å². The lowest BCUT2D eigenvalue weighted by atomic mass is 10.1. The van der Waals surface area contributed by atoms with Gasteiger partial charge in [0.2, 0.25) is 5.91 Å². The first-order chi connectivity index (χ1) is 10.4. The van der Waals surface area contributed by atoms with E-state index in [1.807, 2.05) is 0 Å². The first kappa shape index (κ1) is 16.2. The van der Waals surface area contributed by atoms with Crippen LogP contribution in [0.2, 0.25) is 0 Å². The molecule has 0 aliphatic carbocycles. The molecule has 22 heavy (non-hydrogen) atoms. The molecule has 1 aromatic rings. The van der Waals surface area contributed by atoms with Crippen molar-refractivity contribution in [1.29, 1.82) is 0 Å². The van der Waals surface area contributed by atoms with E-state index in [9.17, 15) is 18.4 Å². The van der Waals surface area contributed by atoms with Crippen molar-refractivity contribution in [2.24, 2.45) is 0 Å². The molecule has 7 heteroatoms. The van der Waals surface area contributed by atoms with Gasteiger partial charge in [0.25, 0.3) is 0 Å². The number of hydrogen-bond acceptors (Lipinski definition) is 3. The first-order valence-electron chi connectivity index (χ1n) is 7.13. The van der Waals surface area contributed by atoms with Crippen LogP contribution in [0, 0.1) is 11.6 Å². The van der Waals surface area contributed by atoms with Crippen molar-refractivity contribution in [1.82, 2.24) is 5.32 Å². The molecule has 2 N–H and O–H groups in total. The zero-order valence-electron chi connectivity index (χ0n) is 12.2. The molecular formula is C15H18F2N2O3. The highest BCUT2D eigenvalue weighted by molar-refractivity contribution is 5.88. The second kappa shape index (κ2) is 6.72. The van der Waals surface area contributed by atoms with E-state index in [1.54, 1.807) is 4.90 Å². The highest BCUT2D eigenvalue weighted by Gasteiger charge is 2.23. The minimum Gasteiger partial charge on any atom is -0.478 e. The average molecular weight is 312 g/mol. The third-order valence-electron chi connectivity index (χ3n) is 3.69. The predicted octanol–water partition coefficient (Wildman–Crippen LogP) is 2.16. The quantitative estimate of drug-likeness (QED) is 0.897. The number of halogens is 2. The van der Waals surface area contributed by atoms with Crippen molar-refractivity contribution >= 4 is 17.6 Å². The van der Waals surface area contributed by atoms with E-state index in [2.05, 4.69) is 5.32 Å². The minimum absolute atomic E-state index is 0.0275. The largest absolute Gasteiger partial charge is 0.478 e. The predicted molar refractivity (Wildman–Crippen MR) is 77.0 cm³/mol. The third kappa shape index (κ3) is 3.72. The highest BCUT2D eigenvalue weighted by Crippen LogP contribution is 2.26. The summed E-state index contributed by atoms with van der Waals surface area (Å²) >= 11 is 0. The molecule has 0 spiro atoms. The van der Waals surface area contributed by atoms with Crippen LogP contribution in [0.25, 0.3) is 0 Å². The summed E-state index contributed by atoms with van der Waals surface area (Å²) in [6.45, 7) is 2.30. The van der Waals surface area contributed by atoms with Gasteiger partial charge in [0.05, 0.1) is 11.3 Å². The van der Waals surface area contributed by atoms with Gasteiger partial charge in [-0.3, -0.25) is 4.79 Å². The molecule has 0 saturated carbocycles. The van der Waals surface area contributed by atoms with Crippen LogP contribution in [0.5, 0.6) is 0 Å². The highest BCUT2D eigenvalue weighted by atomic mass is 19.1. The molecule has 1 saturated heterocycles. The molecule has 1 aliphatic heterocycles. The maximum atomic E-state index is 14.1. The summed E-state index contributed by atoms with van der Waals surface area (Å²) in [4.78, 5) is 23.7. The van der Waals surface area contributed by atoms with Crippen molar-refractivity contribution in [2.45, 2.75) is 32.2 Å². The van der Waals surface area contributed by atoms with Crippen molar-refractivity contribution in [3.8, 4) is 0 Å². The molecule has 0 radical (unpaired) electrons. The Hall–Kier alpha value is -2.18. The second-order valence-corrected chi connectivity index (χ2v) is 5.43. The van der Waals surface area contributed by atoms with Crippen LogP contribution < -0.4 is 10.2 Å². The summed E-state index contributed by atoms with van der Waals surface area (Å²) in [6.07, 6.45) is 2.43. The van der Waals surface area contributed by atoms with E-state index in [1.165, 1.54) is 6.92 Å². The van der Waals surface area contributed by atoms with Crippen LogP contribution in [0.4, 0.5) is 14.5 Å². The number of carbonyl (C=O) groups excluding carboxylic acids is 1. The smallest absolute Gasteiger partial charge is 0.338 e. The minimum atomic E-state index is -1.50. The average Bonchev–Trinajstić information content (AvgIpc) is 2.65. The molecule has 1 aliphatic rings. The van der Waals surface area contributed by atoms with Gasteiger partial charge in [0.15, 0.2) is 0 Å². The number of nitrogens with one attached hydrogen (secondary N) is 1. The molecule has 2 rings (SSSR count). The molecule has 0 aromatic heterocycles. The summed E-state index contributed by atoms with van der Waals surface area (Å²) < 4.78 is 27.9. The van der Waals surface area contributed by atoms with E-state index >= 15 is 0 Å². The van der Waals surface area contributed by atoms with Gasteiger partial charge in [-0.1, -0.05) is 0 Å². The Kier molecular flexibility index (Phi) is 4.95. The Morgan fingerprint density at radius 1 is 1.27 bits per heavy atom. The Morgan fingerprint density at radius 2 is 2.00 bits per heavy atom. The summed E-state index contributed by atoms with van der Waals surface area (Å²) in [5.41, 5.74) is -0.658. The van der Waals surface area contributed by atoms with Crippen molar-refractivity contribution in [3.63, 3.8) is 0 Å². The zero-order chi connectivity index (χ0) is 16.3. The number of carboxylic acids is 1. The molecule has 1 fully saturated rings. The molecule has 1 amide bonds. The normalized spacial score (nSPS) is 18.7. The fourth-order valence-electron chi connectivity index (χ4n) is 2.71. The molecule has 5 nitrogen and oxygen atoms in total. The van der Waals surface area contributed by atoms with E-state index in [4.69, 9.17) is 5.11 Å². The number of nitrogens with zero attached hydrogens (tertiary/aromatic N) is 1. The lowest BCUT2D eigenvalue weighted by Gasteiger charge is -2.27. The van der Waals surface area contributed by atoms with E-state index in [0.717, 1.165) is 25.3 Å². The number of carboxylic acid groups (broad SMARTS) is 1. The van der Waals surface area contributed by atoms with Gasteiger partial charge in [-0.05, 0) is 25.3 Å². The molecule has 1 unspecified atom stereocenters. The van der Waals surface area contributed by atoms with Crippen molar-refractivity contribution < 1.29 is 23.5 Å². The lowest BCUT2D eigenvalue weighted by Crippen LogP contribution is -2.42. The van der Waals surface area contributed by atoms with Crippen LogP contribution >= 0.6 is 0 Å². The second-order valence-electron chi connectivity index (χ2n) is 5.43. The molecule has 1 aromatic carbocycles. The molecule has 0 bridgehead atoms. The van der Waals surface area contributed by atoms with Gasteiger partial charge in [0, 0.05) is 32.1 Å². The maximum Gasteiger partial charge on any atom is 0.338 e. The summed E-state index contributed by atoms with van der Waals surface area (Å²) in [5.74, 6) is -3.42. The van der Waals surface area contributed by atoms with Crippen LogP contribution in [-0.4, -0.2) is 36.1 Å². The van der Waals surface area contributed by atoms with Gasteiger partial charge < -0.3 is 15.3 Å². The summed E-state index contributed by atoms with van der Waals surface area (Å²) in [7, 11) is 0. The number of hydrogen-bond donors (Lipinski definition) is 2. The van der Waals surface area contributed by atoms with E-state index in [-0.39, 0.29) is 17.6 Å².